The molecule has 0 bridgehead atoms. The van der Waals surface area contributed by atoms with Crippen LogP contribution >= 0.6 is 0 Å². The molecule has 2 atom stereocenters. The molecule has 0 aromatic carbocycles. The predicted molar refractivity (Wildman–Crippen MR) is 57.6 cm³/mol. The number of halogens is 1. The summed E-state index contributed by atoms with van der Waals surface area (Å²) in [5.41, 5.74) is -0.505. The van der Waals surface area contributed by atoms with E-state index in [-0.39, 0.29) is 18.4 Å². The fourth-order valence-corrected chi connectivity index (χ4v) is 1.79. The summed E-state index contributed by atoms with van der Waals surface area (Å²) < 4.78 is 17.6. The smallest absolute Gasteiger partial charge is 0.410 e. The summed E-state index contributed by atoms with van der Waals surface area (Å²) in [6.45, 7) is 6.47. The third-order valence-corrected chi connectivity index (χ3v) is 2.47. The van der Waals surface area contributed by atoms with Crippen molar-refractivity contribution in [1.29, 1.82) is 0 Å². The first-order chi connectivity index (χ1) is 7.28. The number of ether oxygens (including phenoxy) is 1. The third kappa shape index (κ3) is 4.35. The Labute approximate surface area is 95.4 Å². The van der Waals surface area contributed by atoms with E-state index in [4.69, 9.17) is 9.84 Å². The number of hydrogen-bond acceptors (Lipinski definition) is 3. The summed E-state index contributed by atoms with van der Waals surface area (Å²) in [5.74, 6) is 0.0347. The van der Waals surface area contributed by atoms with Crippen molar-refractivity contribution >= 4 is 6.09 Å². The van der Waals surface area contributed by atoms with Gasteiger partial charge in [0.2, 0.25) is 0 Å². The lowest BCUT2D eigenvalue weighted by Gasteiger charge is -2.24. The summed E-state index contributed by atoms with van der Waals surface area (Å²) in [4.78, 5) is 13.2. The van der Waals surface area contributed by atoms with Crippen LogP contribution in [0.1, 0.15) is 33.6 Å². The van der Waals surface area contributed by atoms with Crippen molar-refractivity contribution in [1.82, 2.24) is 4.90 Å². The van der Waals surface area contributed by atoms with Crippen molar-refractivity contribution in [3.63, 3.8) is 0 Å². The van der Waals surface area contributed by atoms with E-state index in [0.29, 0.717) is 13.1 Å². The zero-order valence-electron chi connectivity index (χ0n) is 10.1. The molecule has 0 aliphatic carbocycles. The molecule has 0 radical (unpaired) electrons. The Bertz CT molecular complexity index is 250. The van der Waals surface area contributed by atoms with E-state index >= 15 is 0 Å². The number of likely N-dealkylation sites (tertiary alicyclic amines) is 1. The van der Waals surface area contributed by atoms with E-state index in [0.717, 1.165) is 6.42 Å². The van der Waals surface area contributed by atoms with Crippen LogP contribution in [0.2, 0.25) is 0 Å². The second kappa shape index (κ2) is 4.99. The highest BCUT2D eigenvalue weighted by atomic mass is 19.1. The van der Waals surface area contributed by atoms with Gasteiger partial charge in [-0.25, -0.2) is 9.18 Å². The van der Waals surface area contributed by atoms with Crippen LogP contribution in [0.5, 0.6) is 0 Å². The Kier molecular flexibility index (Phi) is 4.13. The first-order valence-electron chi connectivity index (χ1n) is 5.58. The third-order valence-electron chi connectivity index (χ3n) is 2.47. The van der Waals surface area contributed by atoms with E-state index in [1.165, 1.54) is 0 Å². The lowest BCUT2D eigenvalue weighted by atomic mass is 10.1. The van der Waals surface area contributed by atoms with Gasteiger partial charge in [-0.2, -0.15) is 0 Å². The van der Waals surface area contributed by atoms with Gasteiger partial charge in [0.15, 0.2) is 6.36 Å². The molecule has 0 aromatic rings. The summed E-state index contributed by atoms with van der Waals surface area (Å²) in [6.07, 6.45) is -1.33. The fourth-order valence-electron chi connectivity index (χ4n) is 1.79. The van der Waals surface area contributed by atoms with Crippen LogP contribution in [-0.2, 0) is 4.74 Å². The molecule has 16 heavy (non-hydrogen) atoms. The van der Waals surface area contributed by atoms with E-state index in [9.17, 15) is 9.18 Å². The van der Waals surface area contributed by atoms with Gasteiger partial charge in [-0.15, -0.1) is 0 Å². The van der Waals surface area contributed by atoms with Crippen LogP contribution < -0.4 is 0 Å². The summed E-state index contributed by atoms with van der Waals surface area (Å²) in [6, 6.07) is 0. The second-order valence-electron chi connectivity index (χ2n) is 5.25. The molecule has 5 heteroatoms. The van der Waals surface area contributed by atoms with E-state index in [1.807, 2.05) is 20.8 Å². The quantitative estimate of drug-likeness (QED) is 0.792. The van der Waals surface area contributed by atoms with E-state index < -0.39 is 12.0 Å². The number of nitrogens with zero attached hydrogens (tertiary/aromatic N) is 1. The molecule has 1 rings (SSSR count). The maximum Gasteiger partial charge on any atom is 0.410 e. The number of amides is 1. The van der Waals surface area contributed by atoms with Crippen molar-refractivity contribution in [3.8, 4) is 0 Å². The van der Waals surface area contributed by atoms with Crippen LogP contribution in [0.25, 0.3) is 0 Å². The van der Waals surface area contributed by atoms with Gasteiger partial charge < -0.3 is 14.7 Å². The van der Waals surface area contributed by atoms with Gasteiger partial charge in [0, 0.05) is 19.5 Å². The predicted octanol–water partition coefficient (Wildman–Crippen LogP) is 1.92. The number of carbonyl (C=O) groups excluding carboxylic acids is 1. The van der Waals surface area contributed by atoms with Crippen LogP contribution in [0.3, 0.4) is 0 Å². The standard InChI is InChI=1S/C11H20FNO3/c1-11(2,3)16-10(15)13-5-4-8(7-13)6-9(12)14/h8-9,14H,4-7H2,1-3H3. The monoisotopic (exact) mass is 233 g/mol. The molecule has 4 nitrogen and oxygen atoms in total. The first kappa shape index (κ1) is 13.2. The molecule has 1 fully saturated rings. The van der Waals surface area contributed by atoms with Crippen LogP contribution in [0.4, 0.5) is 9.18 Å². The highest BCUT2D eigenvalue weighted by Crippen LogP contribution is 2.23. The van der Waals surface area contributed by atoms with Crippen molar-refractivity contribution in [3.05, 3.63) is 0 Å². The Balaban J connectivity index is 2.38. The molecule has 0 aromatic heterocycles. The maximum absolute atomic E-state index is 12.4. The van der Waals surface area contributed by atoms with Crippen LogP contribution in [0, 0.1) is 5.92 Å². The number of rotatable bonds is 2. The molecule has 1 aliphatic rings. The zero-order chi connectivity index (χ0) is 12.3. The molecule has 94 valence electrons. The minimum Gasteiger partial charge on any atom is -0.444 e. The summed E-state index contributed by atoms with van der Waals surface area (Å²) in [5, 5.41) is 8.62. The Morgan fingerprint density at radius 1 is 1.62 bits per heavy atom. The van der Waals surface area contributed by atoms with E-state index in [2.05, 4.69) is 0 Å². The van der Waals surface area contributed by atoms with Gasteiger partial charge in [0.1, 0.15) is 5.60 Å². The molecule has 0 saturated carbocycles. The normalized spacial score (nSPS) is 23.3. The molecule has 1 N–H and O–H groups in total. The lowest BCUT2D eigenvalue weighted by Crippen LogP contribution is -2.35. The fraction of sp³-hybridized carbons (Fsp3) is 0.909. The topological polar surface area (TPSA) is 49.8 Å². The molecule has 1 amide bonds. The van der Waals surface area contributed by atoms with E-state index in [1.54, 1.807) is 4.90 Å². The minimum absolute atomic E-state index is 0.0347. The SMILES string of the molecule is CC(C)(C)OC(=O)N1CCC(CC(O)F)C1. The first-order valence-corrected chi connectivity index (χ1v) is 5.58. The van der Waals surface area contributed by atoms with Gasteiger partial charge in [0.25, 0.3) is 0 Å². The minimum atomic E-state index is -1.79. The Morgan fingerprint density at radius 2 is 2.25 bits per heavy atom. The Hall–Kier alpha value is -0.840. The van der Waals surface area contributed by atoms with Crippen molar-refractivity contribution < 1.29 is 19.0 Å². The molecule has 0 spiro atoms. The average molecular weight is 233 g/mol. The van der Waals surface area contributed by atoms with Gasteiger partial charge in [-0.3, -0.25) is 0 Å². The summed E-state index contributed by atoms with van der Waals surface area (Å²) in [7, 11) is 0. The zero-order valence-corrected chi connectivity index (χ0v) is 10.1. The molecular weight excluding hydrogens is 213 g/mol. The van der Waals surface area contributed by atoms with Gasteiger partial charge >= 0.3 is 6.09 Å². The van der Waals surface area contributed by atoms with Gasteiger partial charge in [-0.05, 0) is 33.1 Å². The van der Waals surface area contributed by atoms with Crippen LogP contribution in [-0.4, -0.2) is 41.1 Å². The number of alkyl halides is 1. The number of hydrogen-bond donors (Lipinski definition) is 1. The van der Waals surface area contributed by atoms with Crippen molar-refractivity contribution in [2.24, 2.45) is 5.92 Å². The summed E-state index contributed by atoms with van der Waals surface area (Å²) >= 11 is 0. The van der Waals surface area contributed by atoms with Gasteiger partial charge in [0.05, 0.1) is 0 Å². The highest BCUT2D eigenvalue weighted by Gasteiger charge is 2.30. The molecule has 1 aliphatic heterocycles. The van der Waals surface area contributed by atoms with Crippen molar-refractivity contribution in [2.45, 2.75) is 45.6 Å². The molecule has 2 unspecified atom stereocenters. The molecular formula is C11H20FNO3. The highest BCUT2D eigenvalue weighted by molar-refractivity contribution is 5.68. The van der Waals surface area contributed by atoms with Gasteiger partial charge in [-0.1, -0.05) is 0 Å². The van der Waals surface area contributed by atoms with Crippen LogP contribution in [0.15, 0.2) is 0 Å². The number of aliphatic hydroxyl groups excluding tert-OH is 1. The lowest BCUT2D eigenvalue weighted by molar-refractivity contribution is 0.0156. The van der Waals surface area contributed by atoms with Crippen molar-refractivity contribution in [2.75, 3.05) is 13.1 Å². The molecule has 1 saturated heterocycles. The maximum atomic E-state index is 12.4. The largest absolute Gasteiger partial charge is 0.444 e. The average Bonchev–Trinajstić information content (AvgIpc) is 2.48. The second-order valence-corrected chi connectivity index (χ2v) is 5.25. The number of carbonyl (C=O) groups is 1. The number of aliphatic hydroxyl groups is 1. The Morgan fingerprint density at radius 3 is 2.75 bits per heavy atom. The molecule has 1 heterocycles.